The summed E-state index contributed by atoms with van der Waals surface area (Å²) in [5.41, 5.74) is 2.46. The van der Waals surface area contributed by atoms with Gasteiger partial charge in [0.2, 0.25) is 0 Å². The number of hydrogen-bond acceptors (Lipinski definition) is 2. The van der Waals surface area contributed by atoms with E-state index in [1.54, 1.807) is 0 Å². The van der Waals surface area contributed by atoms with E-state index in [4.69, 9.17) is 4.74 Å². The molecule has 3 rings (SSSR count). The predicted molar refractivity (Wildman–Crippen MR) is 66.3 cm³/mol. The maximum atomic E-state index is 11.6. The first-order valence-corrected chi connectivity index (χ1v) is 6.63. The van der Waals surface area contributed by atoms with Crippen LogP contribution in [0.25, 0.3) is 0 Å². The highest BCUT2D eigenvalue weighted by atomic mass is 16.5. The number of fused-ring (bicyclic) bond motifs is 2. The zero-order valence-electron chi connectivity index (χ0n) is 10.7. The first-order chi connectivity index (χ1) is 8.02. The molecular weight excluding hydrogens is 212 g/mol. The second kappa shape index (κ2) is 3.47. The molecule has 0 bridgehead atoms. The summed E-state index contributed by atoms with van der Waals surface area (Å²) in [6, 6.07) is 0. The summed E-state index contributed by atoms with van der Waals surface area (Å²) in [5.74, 6) is 0.732. The average Bonchev–Trinajstić information content (AvgIpc) is 2.55. The third-order valence-corrected chi connectivity index (χ3v) is 5.26. The summed E-state index contributed by atoms with van der Waals surface area (Å²) in [6.07, 6.45) is 6.98. The van der Waals surface area contributed by atoms with Crippen LogP contribution in [0, 0.1) is 17.3 Å². The molecule has 3 aliphatic rings. The lowest BCUT2D eigenvalue weighted by atomic mass is 9.58. The number of rotatable bonds is 0. The van der Waals surface area contributed by atoms with Gasteiger partial charge in [-0.2, -0.15) is 0 Å². The summed E-state index contributed by atoms with van der Waals surface area (Å²) in [5, 5.41) is 0. The molecule has 2 heteroatoms. The van der Waals surface area contributed by atoms with Crippen molar-refractivity contribution >= 4 is 5.97 Å². The van der Waals surface area contributed by atoms with Crippen molar-refractivity contribution in [1.29, 1.82) is 0 Å². The Hall–Kier alpha value is -1.05. The molecule has 0 aromatic heterocycles. The maximum absolute atomic E-state index is 11.6. The molecule has 0 unspecified atom stereocenters. The highest BCUT2D eigenvalue weighted by Crippen LogP contribution is 2.54. The van der Waals surface area contributed by atoms with Crippen LogP contribution >= 0.6 is 0 Å². The molecule has 2 aliphatic carbocycles. The van der Waals surface area contributed by atoms with Gasteiger partial charge in [-0.05, 0) is 43.1 Å². The molecule has 0 aromatic rings. The summed E-state index contributed by atoms with van der Waals surface area (Å²) in [4.78, 5) is 11.6. The second-order valence-electron chi connectivity index (χ2n) is 6.11. The lowest BCUT2D eigenvalue weighted by molar-refractivity contribution is -0.137. The molecule has 0 aromatic carbocycles. The minimum absolute atomic E-state index is 0.0247. The van der Waals surface area contributed by atoms with Crippen molar-refractivity contribution in [2.45, 2.75) is 45.6 Å². The van der Waals surface area contributed by atoms with Gasteiger partial charge in [-0.15, -0.1) is 0 Å². The molecule has 92 valence electrons. The van der Waals surface area contributed by atoms with Gasteiger partial charge < -0.3 is 4.74 Å². The lowest BCUT2D eigenvalue weighted by Crippen LogP contribution is -2.39. The van der Waals surface area contributed by atoms with E-state index in [-0.39, 0.29) is 23.4 Å². The molecular formula is C15H20O2. The van der Waals surface area contributed by atoms with E-state index in [1.165, 1.54) is 24.8 Å². The molecule has 1 heterocycles. The number of ether oxygens (including phenoxy) is 1. The molecule has 0 radical (unpaired) electrons. The normalized spacial score (nSPS) is 44.8. The van der Waals surface area contributed by atoms with E-state index in [1.807, 2.05) is 0 Å². The number of hydrogen-bond donors (Lipinski definition) is 0. The van der Waals surface area contributed by atoms with Gasteiger partial charge in [-0.3, -0.25) is 0 Å². The van der Waals surface area contributed by atoms with Crippen molar-refractivity contribution in [1.82, 2.24) is 0 Å². The van der Waals surface area contributed by atoms with Gasteiger partial charge >= 0.3 is 5.97 Å². The van der Waals surface area contributed by atoms with Crippen LogP contribution in [-0.4, -0.2) is 12.1 Å². The molecule has 4 atom stereocenters. The molecule has 0 spiro atoms. The third kappa shape index (κ3) is 1.42. The predicted octanol–water partition coefficient (Wildman–Crippen LogP) is 3.24. The summed E-state index contributed by atoms with van der Waals surface area (Å²) < 4.78 is 5.39. The van der Waals surface area contributed by atoms with Crippen LogP contribution in [0.4, 0.5) is 0 Å². The van der Waals surface area contributed by atoms with Crippen molar-refractivity contribution in [3.05, 3.63) is 23.8 Å². The fourth-order valence-electron chi connectivity index (χ4n) is 3.80. The highest BCUT2D eigenvalue weighted by molar-refractivity contribution is 5.91. The maximum Gasteiger partial charge on any atom is 0.334 e. The van der Waals surface area contributed by atoms with Gasteiger partial charge in [0.05, 0.1) is 0 Å². The number of carbonyl (C=O) groups is 1. The topological polar surface area (TPSA) is 26.3 Å². The molecule has 2 nitrogen and oxygen atoms in total. The minimum Gasteiger partial charge on any atom is -0.454 e. The van der Waals surface area contributed by atoms with E-state index >= 15 is 0 Å². The summed E-state index contributed by atoms with van der Waals surface area (Å²) in [7, 11) is 0. The van der Waals surface area contributed by atoms with Crippen LogP contribution in [0.5, 0.6) is 0 Å². The quantitative estimate of drug-likeness (QED) is 0.364. The van der Waals surface area contributed by atoms with Crippen LogP contribution in [0.1, 0.15) is 39.5 Å². The summed E-state index contributed by atoms with van der Waals surface area (Å²) >= 11 is 0. The molecule has 1 aliphatic heterocycles. The van der Waals surface area contributed by atoms with Crippen molar-refractivity contribution in [2.24, 2.45) is 17.3 Å². The van der Waals surface area contributed by atoms with Crippen molar-refractivity contribution in [3.63, 3.8) is 0 Å². The van der Waals surface area contributed by atoms with Crippen molar-refractivity contribution in [3.8, 4) is 0 Å². The van der Waals surface area contributed by atoms with Gasteiger partial charge in [-0.1, -0.05) is 26.0 Å². The van der Waals surface area contributed by atoms with E-state index < -0.39 is 0 Å². The van der Waals surface area contributed by atoms with Gasteiger partial charge in [0.25, 0.3) is 0 Å². The molecule has 1 saturated heterocycles. The Morgan fingerprint density at radius 3 is 3.06 bits per heavy atom. The highest BCUT2D eigenvalue weighted by Gasteiger charge is 2.49. The van der Waals surface area contributed by atoms with Gasteiger partial charge in [0.15, 0.2) is 0 Å². The van der Waals surface area contributed by atoms with E-state index in [0.717, 1.165) is 6.42 Å². The minimum atomic E-state index is -0.188. The first-order valence-electron chi connectivity index (χ1n) is 6.63. The molecule has 17 heavy (non-hydrogen) atoms. The zero-order valence-corrected chi connectivity index (χ0v) is 10.7. The van der Waals surface area contributed by atoms with Crippen LogP contribution < -0.4 is 0 Å². The van der Waals surface area contributed by atoms with Gasteiger partial charge in [0.1, 0.15) is 6.10 Å². The third-order valence-electron chi connectivity index (χ3n) is 5.26. The second-order valence-corrected chi connectivity index (χ2v) is 6.11. The van der Waals surface area contributed by atoms with Crippen LogP contribution in [0.15, 0.2) is 23.8 Å². The van der Waals surface area contributed by atoms with Gasteiger partial charge in [0, 0.05) is 11.5 Å². The van der Waals surface area contributed by atoms with E-state index in [2.05, 4.69) is 26.5 Å². The largest absolute Gasteiger partial charge is 0.454 e. The molecule has 0 amide bonds. The fourth-order valence-corrected chi connectivity index (χ4v) is 3.80. The Kier molecular flexibility index (Phi) is 2.26. The molecule has 0 N–H and O–H groups in total. The Balaban J connectivity index is 2.00. The van der Waals surface area contributed by atoms with Crippen LogP contribution in [-0.2, 0) is 9.53 Å². The van der Waals surface area contributed by atoms with E-state index in [0.29, 0.717) is 11.5 Å². The Morgan fingerprint density at radius 2 is 2.29 bits per heavy atom. The van der Waals surface area contributed by atoms with Gasteiger partial charge in [-0.25, -0.2) is 4.79 Å². The lowest BCUT2D eigenvalue weighted by Gasteiger charge is -2.47. The number of esters is 1. The monoisotopic (exact) mass is 232 g/mol. The Labute approximate surface area is 103 Å². The number of allylic oxidation sites excluding steroid dienone is 1. The first kappa shape index (κ1) is 11.1. The Bertz CT molecular complexity index is 421. The average molecular weight is 232 g/mol. The zero-order chi connectivity index (χ0) is 12.2. The van der Waals surface area contributed by atoms with Crippen LogP contribution in [0.3, 0.4) is 0 Å². The Morgan fingerprint density at radius 1 is 1.53 bits per heavy atom. The molecule has 2 fully saturated rings. The summed E-state index contributed by atoms with van der Waals surface area (Å²) in [6.45, 7) is 8.61. The van der Waals surface area contributed by atoms with Crippen molar-refractivity contribution in [2.75, 3.05) is 0 Å². The standard InChI is InChI=1S/C15H20O2/c1-9-5-4-6-11-7-13-12(8-15(9,11)3)10(2)14(16)17-13/h7,9,12-13H,2,4-6,8H2,1,3H3/t9-,12-,13-,15+/m0/s1. The van der Waals surface area contributed by atoms with Crippen molar-refractivity contribution < 1.29 is 9.53 Å². The fraction of sp³-hybridized carbons (Fsp3) is 0.667. The SMILES string of the molecule is C=C1C(=O)O[C@H]2C=C3CCC[C@H](C)[C@@]3(C)C[C@@H]12. The smallest absolute Gasteiger partial charge is 0.334 e. The number of carbonyl (C=O) groups excluding carboxylic acids is 1. The molecule has 1 saturated carbocycles. The van der Waals surface area contributed by atoms with Crippen LogP contribution in [0.2, 0.25) is 0 Å². The van der Waals surface area contributed by atoms with E-state index in [9.17, 15) is 4.79 Å².